The van der Waals surface area contributed by atoms with Crippen LogP contribution in [0.25, 0.3) is 11.1 Å². The molecule has 3 nitrogen and oxygen atoms in total. The Balaban J connectivity index is 2.13. The van der Waals surface area contributed by atoms with E-state index in [1.165, 1.54) is 11.1 Å². The third kappa shape index (κ3) is 1.83. The molecule has 21 heavy (non-hydrogen) atoms. The number of nitrogens with two attached hydrogens (primary N) is 1. The van der Waals surface area contributed by atoms with Crippen LogP contribution in [0.1, 0.15) is 50.4 Å². The molecular weight excluding hydrogens is 260 g/mol. The fourth-order valence-corrected chi connectivity index (χ4v) is 3.58. The number of nitrogen functional groups attached to an aromatic ring is 1. The Morgan fingerprint density at radius 3 is 2.19 bits per heavy atom. The van der Waals surface area contributed by atoms with Crippen LogP contribution in [-0.2, 0) is 0 Å². The zero-order valence-corrected chi connectivity index (χ0v) is 13.7. The number of aryl methyl sites for hydroxylation is 2. The molecule has 2 aromatic rings. The van der Waals surface area contributed by atoms with Gasteiger partial charge in [-0.25, -0.2) is 0 Å². The minimum absolute atomic E-state index is 0.213. The number of benzene rings is 1. The molecule has 0 amide bonds. The second kappa shape index (κ2) is 4.12. The molecule has 1 saturated carbocycles. The summed E-state index contributed by atoms with van der Waals surface area (Å²) in [7, 11) is 0. The number of hydrogen-bond acceptors (Lipinski definition) is 3. The summed E-state index contributed by atoms with van der Waals surface area (Å²) in [5, 5.41) is 4.30. The molecule has 0 aliphatic heterocycles. The summed E-state index contributed by atoms with van der Waals surface area (Å²) in [5.74, 6) is 0.800. The maximum Gasteiger partial charge on any atom is 0.230 e. The molecule has 1 fully saturated rings. The standard InChI is InChI=1S/C18H24N2O/c1-10-7-8-12(9-11(10)2)13-14(20-21-16(13)19)15-17(3,4)18(15,5)6/h7-9,15H,19H2,1-6H3. The lowest BCUT2D eigenvalue weighted by Gasteiger charge is -2.07. The lowest BCUT2D eigenvalue weighted by atomic mass is 9.97. The van der Waals surface area contributed by atoms with Crippen LogP contribution >= 0.6 is 0 Å². The first-order valence-electron chi connectivity index (χ1n) is 7.50. The quantitative estimate of drug-likeness (QED) is 0.870. The van der Waals surface area contributed by atoms with Crippen LogP contribution in [-0.4, -0.2) is 5.16 Å². The summed E-state index contributed by atoms with van der Waals surface area (Å²) in [4.78, 5) is 0. The van der Waals surface area contributed by atoms with Crippen molar-refractivity contribution in [1.82, 2.24) is 5.16 Å². The molecule has 1 aromatic heterocycles. The van der Waals surface area contributed by atoms with E-state index in [0.29, 0.717) is 11.8 Å². The van der Waals surface area contributed by atoms with Gasteiger partial charge in [0.25, 0.3) is 0 Å². The van der Waals surface area contributed by atoms with Crippen LogP contribution in [0.2, 0.25) is 0 Å². The van der Waals surface area contributed by atoms with E-state index in [9.17, 15) is 0 Å². The van der Waals surface area contributed by atoms with Crippen molar-refractivity contribution < 1.29 is 4.52 Å². The SMILES string of the molecule is Cc1ccc(-c2c(C3C(C)(C)C3(C)C)noc2N)cc1C. The molecule has 0 unspecified atom stereocenters. The number of hydrogen-bond donors (Lipinski definition) is 1. The summed E-state index contributed by atoms with van der Waals surface area (Å²) in [6, 6.07) is 6.41. The van der Waals surface area contributed by atoms with Gasteiger partial charge in [-0.15, -0.1) is 0 Å². The maximum absolute atomic E-state index is 6.08. The van der Waals surface area contributed by atoms with Gasteiger partial charge in [-0.2, -0.15) is 0 Å². The van der Waals surface area contributed by atoms with E-state index in [1.807, 2.05) is 0 Å². The van der Waals surface area contributed by atoms with Gasteiger partial charge < -0.3 is 10.3 Å². The summed E-state index contributed by atoms with van der Waals surface area (Å²) >= 11 is 0. The molecule has 0 atom stereocenters. The highest BCUT2D eigenvalue weighted by Crippen LogP contribution is 2.74. The van der Waals surface area contributed by atoms with Crippen molar-refractivity contribution in [2.45, 2.75) is 47.5 Å². The van der Waals surface area contributed by atoms with Crippen LogP contribution in [0, 0.1) is 24.7 Å². The zero-order valence-electron chi connectivity index (χ0n) is 13.7. The topological polar surface area (TPSA) is 52.0 Å². The maximum atomic E-state index is 6.08. The number of anilines is 1. The van der Waals surface area contributed by atoms with Crippen LogP contribution in [0.3, 0.4) is 0 Å². The molecule has 1 aromatic carbocycles. The molecule has 0 radical (unpaired) electrons. The second-order valence-corrected chi connectivity index (χ2v) is 7.48. The number of rotatable bonds is 2. The van der Waals surface area contributed by atoms with Crippen molar-refractivity contribution in [3.8, 4) is 11.1 Å². The van der Waals surface area contributed by atoms with Gasteiger partial charge in [0.2, 0.25) is 5.88 Å². The van der Waals surface area contributed by atoms with Crippen molar-refractivity contribution in [2.24, 2.45) is 10.8 Å². The van der Waals surface area contributed by atoms with E-state index in [1.54, 1.807) is 0 Å². The lowest BCUT2D eigenvalue weighted by Crippen LogP contribution is -1.95. The van der Waals surface area contributed by atoms with Crippen LogP contribution in [0.4, 0.5) is 5.88 Å². The highest BCUT2D eigenvalue weighted by atomic mass is 16.5. The zero-order chi connectivity index (χ0) is 15.6. The third-order valence-corrected chi connectivity index (χ3v) is 5.83. The Morgan fingerprint density at radius 1 is 1.05 bits per heavy atom. The molecule has 0 spiro atoms. The van der Waals surface area contributed by atoms with E-state index in [-0.39, 0.29) is 10.8 Å². The molecule has 1 aliphatic rings. The van der Waals surface area contributed by atoms with Gasteiger partial charge in [0.05, 0.1) is 11.3 Å². The van der Waals surface area contributed by atoms with Crippen molar-refractivity contribution in [2.75, 3.05) is 5.73 Å². The Hall–Kier alpha value is -1.77. The Kier molecular flexibility index (Phi) is 2.78. The minimum atomic E-state index is 0.213. The van der Waals surface area contributed by atoms with E-state index < -0.39 is 0 Å². The van der Waals surface area contributed by atoms with Gasteiger partial charge in [0.15, 0.2) is 0 Å². The fraction of sp³-hybridized carbons (Fsp3) is 0.500. The highest BCUT2D eigenvalue weighted by Gasteiger charge is 2.67. The second-order valence-electron chi connectivity index (χ2n) is 7.48. The van der Waals surface area contributed by atoms with Gasteiger partial charge in [-0.1, -0.05) is 51.1 Å². The van der Waals surface area contributed by atoms with E-state index >= 15 is 0 Å². The Labute approximate surface area is 126 Å². The summed E-state index contributed by atoms with van der Waals surface area (Å²) < 4.78 is 5.34. The van der Waals surface area contributed by atoms with E-state index in [0.717, 1.165) is 16.8 Å². The average molecular weight is 284 g/mol. The molecular formula is C18H24N2O. The van der Waals surface area contributed by atoms with Gasteiger partial charge in [-0.05, 0) is 41.4 Å². The first-order chi connectivity index (χ1) is 9.68. The largest absolute Gasteiger partial charge is 0.367 e. The van der Waals surface area contributed by atoms with Crippen LogP contribution < -0.4 is 5.73 Å². The first kappa shape index (κ1) is 14.2. The molecule has 1 aliphatic carbocycles. The smallest absolute Gasteiger partial charge is 0.230 e. The third-order valence-electron chi connectivity index (χ3n) is 5.83. The Bertz CT molecular complexity index is 696. The molecule has 3 rings (SSSR count). The molecule has 1 heterocycles. The molecule has 2 N–H and O–H groups in total. The predicted octanol–water partition coefficient (Wildman–Crippen LogP) is 4.69. The van der Waals surface area contributed by atoms with E-state index in [4.69, 9.17) is 10.3 Å². The van der Waals surface area contributed by atoms with Gasteiger partial charge in [0, 0.05) is 5.92 Å². The lowest BCUT2D eigenvalue weighted by molar-refractivity contribution is 0.423. The van der Waals surface area contributed by atoms with Crippen molar-refractivity contribution >= 4 is 5.88 Å². The Morgan fingerprint density at radius 2 is 1.67 bits per heavy atom. The normalized spacial score (nSPS) is 19.7. The average Bonchev–Trinajstić information content (AvgIpc) is 2.68. The van der Waals surface area contributed by atoms with Crippen LogP contribution in [0.5, 0.6) is 0 Å². The van der Waals surface area contributed by atoms with Crippen LogP contribution in [0.15, 0.2) is 22.7 Å². The molecule has 0 saturated heterocycles. The van der Waals surface area contributed by atoms with Gasteiger partial charge in [-0.3, -0.25) is 0 Å². The van der Waals surface area contributed by atoms with Crippen molar-refractivity contribution in [3.63, 3.8) is 0 Å². The summed E-state index contributed by atoms with van der Waals surface area (Å²) in [6.45, 7) is 13.4. The van der Waals surface area contributed by atoms with E-state index in [2.05, 4.69) is 64.9 Å². The van der Waals surface area contributed by atoms with Crippen molar-refractivity contribution in [3.05, 3.63) is 35.0 Å². The highest BCUT2D eigenvalue weighted by molar-refractivity contribution is 5.77. The summed E-state index contributed by atoms with van der Waals surface area (Å²) in [6.07, 6.45) is 0. The predicted molar refractivity (Wildman–Crippen MR) is 86.1 cm³/mol. The summed E-state index contributed by atoms with van der Waals surface area (Å²) in [5.41, 5.74) is 12.1. The molecule has 3 heteroatoms. The van der Waals surface area contributed by atoms with Gasteiger partial charge in [0.1, 0.15) is 0 Å². The monoisotopic (exact) mass is 284 g/mol. The van der Waals surface area contributed by atoms with Crippen molar-refractivity contribution in [1.29, 1.82) is 0 Å². The van der Waals surface area contributed by atoms with Gasteiger partial charge >= 0.3 is 0 Å². The first-order valence-corrected chi connectivity index (χ1v) is 7.50. The minimum Gasteiger partial charge on any atom is -0.367 e. The number of nitrogens with zero attached hydrogens (tertiary/aromatic N) is 1. The number of aromatic nitrogens is 1. The molecule has 112 valence electrons. The molecule has 0 bridgehead atoms. The fourth-order valence-electron chi connectivity index (χ4n) is 3.58.